The molecular weight excluding hydrogens is 221 g/mol. The zero-order chi connectivity index (χ0) is 12.1. The Kier molecular flexibility index (Phi) is 5.80. The molecule has 0 spiro atoms. The van der Waals surface area contributed by atoms with Gasteiger partial charge in [-0.1, -0.05) is 32.9 Å². The van der Waals surface area contributed by atoms with E-state index in [1.807, 2.05) is 12.1 Å². The van der Waals surface area contributed by atoms with E-state index in [0.29, 0.717) is 0 Å². The van der Waals surface area contributed by atoms with Crippen molar-refractivity contribution in [1.82, 2.24) is 0 Å². The number of hydrogen-bond acceptors (Lipinski definition) is 1. The summed E-state index contributed by atoms with van der Waals surface area (Å²) >= 11 is 4.23. The molecule has 1 rings (SSSR count). The van der Waals surface area contributed by atoms with E-state index in [2.05, 4.69) is 45.5 Å². The van der Waals surface area contributed by atoms with Crippen molar-refractivity contribution in [2.45, 2.75) is 37.8 Å². The van der Waals surface area contributed by atoms with Gasteiger partial charge in [-0.25, -0.2) is 0 Å². The Bertz CT molecular complexity index is 272. The second kappa shape index (κ2) is 6.05. The van der Waals surface area contributed by atoms with Crippen LogP contribution in [0.5, 0.6) is 0 Å². The van der Waals surface area contributed by atoms with Gasteiger partial charge in [0.2, 0.25) is 0 Å². The molecule has 0 aromatic heterocycles. The lowest BCUT2D eigenvalue weighted by Crippen LogP contribution is -2.10. The van der Waals surface area contributed by atoms with Gasteiger partial charge in [0.1, 0.15) is 0 Å². The van der Waals surface area contributed by atoms with Crippen molar-refractivity contribution in [1.29, 1.82) is 0 Å². The van der Waals surface area contributed by atoms with E-state index >= 15 is 0 Å². The molecule has 0 atom stereocenters. The summed E-state index contributed by atoms with van der Waals surface area (Å²) in [6.07, 6.45) is 0. The van der Waals surface area contributed by atoms with Gasteiger partial charge in [0.05, 0.1) is 0 Å². The van der Waals surface area contributed by atoms with Gasteiger partial charge < -0.3 is 0 Å². The van der Waals surface area contributed by atoms with E-state index in [4.69, 9.17) is 0 Å². The molecule has 0 heterocycles. The Morgan fingerprint density at radius 1 is 1.00 bits per heavy atom. The Balaban J connectivity index is 0.000000423. The van der Waals surface area contributed by atoms with Crippen molar-refractivity contribution < 1.29 is 13.2 Å². The first kappa shape index (κ1) is 14.4. The van der Waals surface area contributed by atoms with Crippen molar-refractivity contribution in [3.05, 3.63) is 29.8 Å². The van der Waals surface area contributed by atoms with Gasteiger partial charge in [-0.3, -0.25) is 0 Å². The van der Waals surface area contributed by atoms with Crippen LogP contribution in [0.3, 0.4) is 0 Å². The van der Waals surface area contributed by atoms with Gasteiger partial charge in [-0.05, 0) is 23.1 Å². The lowest BCUT2D eigenvalue weighted by Gasteiger charge is -2.18. The van der Waals surface area contributed by atoms with Gasteiger partial charge in [-0.2, -0.15) is 13.2 Å². The topological polar surface area (TPSA) is 0 Å². The van der Waals surface area contributed by atoms with Gasteiger partial charge in [0.25, 0.3) is 0 Å². The first-order valence-corrected chi connectivity index (χ1v) is 4.90. The van der Waals surface area contributed by atoms with Gasteiger partial charge in [0.15, 0.2) is 0 Å². The molecule has 0 saturated carbocycles. The van der Waals surface area contributed by atoms with Gasteiger partial charge >= 0.3 is 6.68 Å². The van der Waals surface area contributed by atoms with E-state index < -0.39 is 6.68 Å². The Morgan fingerprint density at radius 2 is 1.33 bits per heavy atom. The third-order valence-corrected chi connectivity index (χ3v) is 2.03. The average molecular weight is 236 g/mol. The zero-order valence-corrected chi connectivity index (χ0v) is 9.86. The summed E-state index contributed by atoms with van der Waals surface area (Å²) in [6.45, 7) is 2.96. The van der Waals surface area contributed by atoms with Crippen LogP contribution in [0.1, 0.15) is 26.3 Å². The Labute approximate surface area is 93.9 Å². The molecule has 0 N–H and O–H groups in total. The predicted octanol–water partition coefficient (Wildman–Crippen LogP) is 4.45. The molecule has 0 aliphatic heterocycles. The van der Waals surface area contributed by atoms with Crippen molar-refractivity contribution in [2.75, 3.05) is 0 Å². The molecule has 0 unspecified atom stereocenters. The first-order chi connectivity index (χ1) is 6.73. The van der Waals surface area contributed by atoms with Gasteiger partial charge in [-0.15, -0.1) is 12.6 Å². The molecule has 0 fully saturated rings. The number of benzene rings is 1. The molecule has 1 aromatic carbocycles. The number of halogens is 3. The minimum Gasteiger partial charge on any atom is -0.174 e. The molecule has 0 aliphatic carbocycles. The maximum Gasteiger partial charge on any atom is 0.379 e. The normalized spacial score (nSPS) is 10.9. The summed E-state index contributed by atoms with van der Waals surface area (Å²) in [6, 6.07) is 8.32. The maximum atomic E-state index is 9.67. The zero-order valence-electron chi connectivity index (χ0n) is 8.97. The highest BCUT2D eigenvalue weighted by atomic mass is 32.1. The maximum absolute atomic E-state index is 9.67. The summed E-state index contributed by atoms with van der Waals surface area (Å²) in [5.74, 6) is 0. The summed E-state index contributed by atoms with van der Waals surface area (Å²) in [4.78, 5) is 1.03. The standard InChI is InChI=1S/C10H14S.CHF3/c1-10(2,3)8-4-6-9(11)7-5-8;2-1(3)4/h4-7,11H,1-3H3;1H. The smallest absolute Gasteiger partial charge is 0.174 e. The number of rotatable bonds is 0. The average Bonchev–Trinajstić information content (AvgIpc) is 2.01. The summed E-state index contributed by atoms with van der Waals surface area (Å²) in [5, 5.41) is 0. The van der Waals surface area contributed by atoms with Crippen LogP contribution in [0.4, 0.5) is 13.2 Å². The molecule has 0 nitrogen and oxygen atoms in total. The lowest BCUT2D eigenvalue weighted by atomic mass is 9.87. The SMILES string of the molecule is CC(C)(C)c1ccc(S)cc1.FC(F)F. The van der Waals surface area contributed by atoms with E-state index in [1.54, 1.807) is 0 Å². The van der Waals surface area contributed by atoms with Crippen LogP contribution >= 0.6 is 12.6 Å². The third kappa shape index (κ3) is 7.31. The molecule has 0 aliphatic rings. The summed E-state index contributed by atoms with van der Waals surface area (Å²) in [5.41, 5.74) is 1.61. The third-order valence-electron chi connectivity index (χ3n) is 1.73. The van der Waals surface area contributed by atoms with Crippen LogP contribution in [0.2, 0.25) is 0 Å². The van der Waals surface area contributed by atoms with E-state index in [1.165, 1.54) is 5.56 Å². The van der Waals surface area contributed by atoms with Gasteiger partial charge in [0, 0.05) is 4.90 Å². The Hall–Kier alpha value is -0.640. The molecule has 0 saturated heterocycles. The predicted molar refractivity (Wildman–Crippen MR) is 59.5 cm³/mol. The highest BCUT2D eigenvalue weighted by Crippen LogP contribution is 2.22. The molecule has 1 aromatic rings. The van der Waals surface area contributed by atoms with Crippen molar-refractivity contribution in [2.24, 2.45) is 0 Å². The summed E-state index contributed by atoms with van der Waals surface area (Å²) in [7, 11) is 0. The van der Waals surface area contributed by atoms with Crippen molar-refractivity contribution >= 4 is 12.6 Å². The number of hydrogen-bond donors (Lipinski definition) is 1. The minimum absolute atomic E-state index is 0.251. The van der Waals surface area contributed by atoms with E-state index in [0.717, 1.165) is 4.90 Å². The molecular formula is C11H15F3S. The van der Waals surface area contributed by atoms with Crippen LogP contribution in [0.15, 0.2) is 29.2 Å². The highest BCUT2D eigenvalue weighted by Gasteiger charge is 2.11. The molecule has 0 amide bonds. The minimum atomic E-state index is -3.67. The quantitative estimate of drug-likeness (QED) is 0.632. The summed E-state index contributed by atoms with van der Waals surface area (Å²) < 4.78 is 29.0. The van der Waals surface area contributed by atoms with Crippen LogP contribution in [-0.4, -0.2) is 6.68 Å². The monoisotopic (exact) mass is 236 g/mol. The van der Waals surface area contributed by atoms with Crippen molar-refractivity contribution in [3.8, 4) is 0 Å². The largest absolute Gasteiger partial charge is 0.379 e. The molecule has 0 radical (unpaired) electrons. The number of alkyl halides is 3. The fourth-order valence-corrected chi connectivity index (χ4v) is 1.11. The van der Waals surface area contributed by atoms with E-state index in [9.17, 15) is 13.2 Å². The molecule has 86 valence electrons. The van der Waals surface area contributed by atoms with E-state index in [-0.39, 0.29) is 5.41 Å². The molecule has 4 heteroatoms. The van der Waals surface area contributed by atoms with Crippen LogP contribution in [0, 0.1) is 0 Å². The van der Waals surface area contributed by atoms with Crippen LogP contribution in [0.25, 0.3) is 0 Å². The molecule has 0 bridgehead atoms. The van der Waals surface area contributed by atoms with Crippen LogP contribution < -0.4 is 0 Å². The number of thiol groups is 1. The fraction of sp³-hybridized carbons (Fsp3) is 0.455. The van der Waals surface area contributed by atoms with Crippen molar-refractivity contribution in [3.63, 3.8) is 0 Å². The Morgan fingerprint density at radius 3 is 1.60 bits per heavy atom. The second-order valence-corrected chi connectivity index (χ2v) is 4.56. The molecule has 15 heavy (non-hydrogen) atoms. The lowest BCUT2D eigenvalue weighted by molar-refractivity contribution is 0.00819. The fourth-order valence-electron chi connectivity index (χ4n) is 0.961. The first-order valence-electron chi connectivity index (χ1n) is 4.45. The van der Waals surface area contributed by atoms with Crippen LogP contribution in [-0.2, 0) is 5.41 Å². The second-order valence-electron chi connectivity index (χ2n) is 4.04. The highest BCUT2D eigenvalue weighted by molar-refractivity contribution is 7.80.